The summed E-state index contributed by atoms with van der Waals surface area (Å²) >= 11 is 0. The molecule has 1 aromatic rings. The van der Waals surface area contributed by atoms with Crippen LogP contribution in [0.25, 0.3) is 0 Å². The van der Waals surface area contributed by atoms with E-state index >= 15 is 0 Å². The molecule has 0 aliphatic carbocycles. The van der Waals surface area contributed by atoms with Gasteiger partial charge in [-0.15, -0.1) is 0 Å². The van der Waals surface area contributed by atoms with Crippen molar-refractivity contribution in [3.05, 3.63) is 30.1 Å². The van der Waals surface area contributed by atoms with Crippen LogP contribution in [0.2, 0.25) is 0 Å². The molecule has 0 aromatic carbocycles. The lowest BCUT2D eigenvalue weighted by Gasteiger charge is -2.52. The number of pyridine rings is 1. The number of hydrogen-bond donors (Lipinski definition) is 0. The molecule has 5 heteroatoms. The summed E-state index contributed by atoms with van der Waals surface area (Å²) in [5.74, 6) is 0.0213. The molecule has 1 fully saturated rings. The molecule has 0 bridgehead atoms. The Balaban J connectivity index is 2.04. The van der Waals surface area contributed by atoms with Crippen LogP contribution in [0.4, 0.5) is 0 Å². The molecule has 5 nitrogen and oxygen atoms in total. The zero-order chi connectivity index (χ0) is 15.5. The molecule has 2 amide bonds. The Labute approximate surface area is 126 Å². The first-order valence-corrected chi connectivity index (χ1v) is 7.36. The second kappa shape index (κ2) is 6.24. The summed E-state index contributed by atoms with van der Waals surface area (Å²) < 4.78 is 0. The highest BCUT2D eigenvalue weighted by Crippen LogP contribution is 2.37. The molecule has 1 aromatic heterocycles. The second-order valence-corrected chi connectivity index (χ2v) is 5.87. The fraction of sp³-hybridized carbons (Fsp3) is 0.562. The number of likely N-dealkylation sites (N-methyl/N-ethyl adjacent to an activating group) is 1. The van der Waals surface area contributed by atoms with Gasteiger partial charge in [-0.2, -0.15) is 0 Å². The van der Waals surface area contributed by atoms with E-state index in [1.807, 2.05) is 18.3 Å². The number of nitrogens with zero attached hydrogens (tertiary/aromatic N) is 3. The van der Waals surface area contributed by atoms with Gasteiger partial charge < -0.3 is 9.80 Å². The van der Waals surface area contributed by atoms with Gasteiger partial charge in [0, 0.05) is 40.0 Å². The molecule has 1 aliphatic heterocycles. The fourth-order valence-electron chi connectivity index (χ4n) is 3.09. The van der Waals surface area contributed by atoms with Crippen LogP contribution in [0.1, 0.15) is 31.7 Å². The van der Waals surface area contributed by atoms with Crippen LogP contribution >= 0.6 is 0 Å². The molecule has 0 N–H and O–H groups in total. The van der Waals surface area contributed by atoms with Gasteiger partial charge in [-0.05, 0) is 37.3 Å². The highest BCUT2D eigenvalue weighted by atomic mass is 16.2. The van der Waals surface area contributed by atoms with Crippen LogP contribution in [0.15, 0.2) is 24.5 Å². The van der Waals surface area contributed by atoms with Crippen LogP contribution in [-0.4, -0.2) is 52.8 Å². The first-order valence-electron chi connectivity index (χ1n) is 7.36. The number of carbonyl (C=O) groups is 2. The lowest BCUT2D eigenvalue weighted by Crippen LogP contribution is -2.68. The van der Waals surface area contributed by atoms with Crippen LogP contribution in [0.5, 0.6) is 0 Å². The average molecular weight is 289 g/mol. The molecule has 2 heterocycles. The van der Waals surface area contributed by atoms with E-state index in [1.54, 1.807) is 30.1 Å². The van der Waals surface area contributed by atoms with Crippen molar-refractivity contribution < 1.29 is 9.59 Å². The quantitative estimate of drug-likeness (QED) is 0.825. The van der Waals surface area contributed by atoms with E-state index in [0.29, 0.717) is 13.0 Å². The number of likely N-dealkylation sites (tertiary alicyclic amines) is 1. The maximum Gasteiger partial charge on any atom is 0.248 e. The Hall–Kier alpha value is -1.91. The van der Waals surface area contributed by atoms with Gasteiger partial charge in [-0.1, -0.05) is 6.07 Å². The van der Waals surface area contributed by atoms with Gasteiger partial charge in [0.05, 0.1) is 0 Å². The maximum absolute atomic E-state index is 12.5. The van der Waals surface area contributed by atoms with E-state index in [9.17, 15) is 9.59 Å². The Morgan fingerprint density at radius 2 is 2.19 bits per heavy atom. The van der Waals surface area contributed by atoms with Crippen molar-refractivity contribution in [1.29, 1.82) is 0 Å². The Kier molecular flexibility index (Phi) is 4.60. The van der Waals surface area contributed by atoms with E-state index in [4.69, 9.17) is 0 Å². The molecule has 21 heavy (non-hydrogen) atoms. The van der Waals surface area contributed by atoms with Crippen molar-refractivity contribution in [2.45, 2.75) is 38.1 Å². The van der Waals surface area contributed by atoms with Gasteiger partial charge in [0.15, 0.2) is 0 Å². The van der Waals surface area contributed by atoms with Gasteiger partial charge in [0.1, 0.15) is 5.54 Å². The van der Waals surface area contributed by atoms with Crippen LogP contribution in [0, 0.1) is 0 Å². The molecule has 1 atom stereocenters. The van der Waals surface area contributed by atoms with E-state index in [0.717, 1.165) is 19.3 Å². The normalized spacial score (nSPS) is 20.8. The number of amides is 2. The maximum atomic E-state index is 12.5. The Morgan fingerprint density at radius 1 is 1.43 bits per heavy atom. The van der Waals surface area contributed by atoms with Crippen molar-refractivity contribution in [2.75, 3.05) is 20.6 Å². The van der Waals surface area contributed by atoms with E-state index in [2.05, 4.69) is 4.98 Å². The molecule has 0 spiro atoms. The summed E-state index contributed by atoms with van der Waals surface area (Å²) in [7, 11) is 3.50. The first-order chi connectivity index (χ1) is 9.97. The third-order valence-corrected chi connectivity index (χ3v) is 4.23. The van der Waals surface area contributed by atoms with E-state index < -0.39 is 5.54 Å². The average Bonchev–Trinajstić information content (AvgIpc) is 2.42. The molecule has 1 saturated heterocycles. The summed E-state index contributed by atoms with van der Waals surface area (Å²) in [4.78, 5) is 31.7. The molecular formula is C16H23N3O2. The highest BCUT2D eigenvalue weighted by molar-refractivity contribution is 5.92. The van der Waals surface area contributed by atoms with Gasteiger partial charge in [0.2, 0.25) is 11.8 Å². The minimum Gasteiger partial charge on any atom is -0.347 e. The van der Waals surface area contributed by atoms with Gasteiger partial charge in [-0.3, -0.25) is 14.6 Å². The predicted molar refractivity (Wildman–Crippen MR) is 80.6 cm³/mol. The van der Waals surface area contributed by atoms with E-state index in [1.165, 1.54) is 12.5 Å². The number of hydrogen-bond acceptors (Lipinski definition) is 3. The largest absolute Gasteiger partial charge is 0.347 e. The molecule has 0 saturated carbocycles. The lowest BCUT2D eigenvalue weighted by atomic mass is 9.78. The highest BCUT2D eigenvalue weighted by Gasteiger charge is 2.52. The third kappa shape index (κ3) is 3.06. The number of aryl methyl sites for hydroxylation is 1. The summed E-state index contributed by atoms with van der Waals surface area (Å²) in [5.41, 5.74) is 0.538. The second-order valence-electron chi connectivity index (χ2n) is 5.87. The Bertz CT molecular complexity index is 516. The number of carbonyl (C=O) groups excluding carboxylic acids is 2. The minimum atomic E-state index is -0.627. The molecule has 1 aliphatic rings. The standard InChI is InChI=1S/C16H23N3O2/c1-13(20)19-11-9-16(19,15(21)18(2)3)8-4-6-14-7-5-10-17-12-14/h5,7,10,12H,4,6,8-9,11H2,1-3H3/t16-/m1/s1. The predicted octanol–water partition coefficient (Wildman–Crippen LogP) is 1.48. The lowest BCUT2D eigenvalue weighted by molar-refractivity contribution is -0.164. The summed E-state index contributed by atoms with van der Waals surface area (Å²) in [6.45, 7) is 2.22. The minimum absolute atomic E-state index is 0.0159. The molecule has 114 valence electrons. The zero-order valence-electron chi connectivity index (χ0n) is 13.0. The van der Waals surface area contributed by atoms with Gasteiger partial charge >= 0.3 is 0 Å². The van der Waals surface area contributed by atoms with Gasteiger partial charge in [0.25, 0.3) is 0 Å². The van der Waals surface area contributed by atoms with Crippen molar-refractivity contribution in [3.63, 3.8) is 0 Å². The van der Waals surface area contributed by atoms with Crippen molar-refractivity contribution in [1.82, 2.24) is 14.8 Å². The van der Waals surface area contributed by atoms with Crippen LogP contribution in [-0.2, 0) is 16.0 Å². The molecule has 0 unspecified atom stereocenters. The van der Waals surface area contributed by atoms with Crippen molar-refractivity contribution in [3.8, 4) is 0 Å². The fourth-order valence-corrected chi connectivity index (χ4v) is 3.09. The van der Waals surface area contributed by atoms with Crippen LogP contribution in [0.3, 0.4) is 0 Å². The molecule has 0 radical (unpaired) electrons. The topological polar surface area (TPSA) is 53.5 Å². The third-order valence-electron chi connectivity index (χ3n) is 4.23. The monoisotopic (exact) mass is 289 g/mol. The van der Waals surface area contributed by atoms with Crippen molar-refractivity contribution >= 4 is 11.8 Å². The number of aromatic nitrogens is 1. The van der Waals surface area contributed by atoms with Gasteiger partial charge in [-0.25, -0.2) is 0 Å². The first kappa shape index (κ1) is 15.5. The smallest absolute Gasteiger partial charge is 0.248 e. The molecular weight excluding hydrogens is 266 g/mol. The molecule has 2 rings (SSSR count). The zero-order valence-corrected chi connectivity index (χ0v) is 13.0. The Morgan fingerprint density at radius 3 is 2.67 bits per heavy atom. The SMILES string of the molecule is CC(=O)N1CC[C@]1(CCCc1cccnc1)C(=O)N(C)C. The van der Waals surface area contributed by atoms with Crippen LogP contribution < -0.4 is 0 Å². The number of rotatable bonds is 5. The summed E-state index contributed by atoms with van der Waals surface area (Å²) in [6.07, 6.45) is 6.82. The van der Waals surface area contributed by atoms with E-state index in [-0.39, 0.29) is 11.8 Å². The van der Waals surface area contributed by atoms with Crippen molar-refractivity contribution in [2.24, 2.45) is 0 Å². The summed E-state index contributed by atoms with van der Waals surface area (Å²) in [5, 5.41) is 0. The summed E-state index contributed by atoms with van der Waals surface area (Å²) in [6, 6.07) is 3.96.